The molecule has 3 nitrogen and oxygen atoms in total. The number of nitrogens with one attached hydrogen (secondary N) is 2. The van der Waals surface area contributed by atoms with Crippen molar-refractivity contribution in [3.8, 4) is 0 Å². The second kappa shape index (κ2) is 6.69. The summed E-state index contributed by atoms with van der Waals surface area (Å²) in [5.41, 5.74) is 2.38. The minimum absolute atomic E-state index is 0.0921. The number of benzene rings is 2. The molecule has 5 heteroatoms. The molecule has 0 aliphatic carbocycles. The van der Waals surface area contributed by atoms with Crippen molar-refractivity contribution in [3.05, 3.63) is 57.4 Å². The van der Waals surface area contributed by atoms with E-state index in [0.717, 1.165) is 14.8 Å². The van der Waals surface area contributed by atoms with Crippen molar-refractivity contribution in [2.75, 3.05) is 17.2 Å². The fourth-order valence-corrected chi connectivity index (χ4v) is 2.39. The molecule has 2 aromatic rings. The smallest absolute Gasteiger partial charge is 0.243 e. The van der Waals surface area contributed by atoms with Gasteiger partial charge in [0.1, 0.15) is 5.82 Å². The Bertz CT molecular complexity index is 631. The number of carbonyl (C=O) groups is 1. The summed E-state index contributed by atoms with van der Waals surface area (Å²) in [5, 5.41) is 5.71. The zero-order valence-electron chi connectivity index (χ0n) is 10.9. The van der Waals surface area contributed by atoms with Crippen LogP contribution >= 0.6 is 22.6 Å². The van der Waals surface area contributed by atoms with Gasteiger partial charge >= 0.3 is 0 Å². The van der Waals surface area contributed by atoms with Crippen LogP contribution in [-0.2, 0) is 4.79 Å². The van der Waals surface area contributed by atoms with E-state index in [1.54, 1.807) is 12.1 Å². The number of anilines is 2. The van der Waals surface area contributed by atoms with Gasteiger partial charge in [-0.05, 0) is 71.5 Å². The van der Waals surface area contributed by atoms with Gasteiger partial charge in [-0.2, -0.15) is 0 Å². The van der Waals surface area contributed by atoms with Gasteiger partial charge in [-0.3, -0.25) is 4.79 Å². The summed E-state index contributed by atoms with van der Waals surface area (Å²) < 4.78 is 14.1. The van der Waals surface area contributed by atoms with Crippen LogP contribution < -0.4 is 10.6 Å². The van der Waals surface area contributed by atoms with Crippen LogP contribution in [0.15, 0.2) is 42.5 Å². The number of amides is 1. The van der Waals surface area contributed by atoms with Crippen LogP contribution in [-0.4, -0.2) is 12.5 Å². The standard InChI is InChI=1S/C15H14FIN2O/c1-10-7-12(17)5-6-14(10)19-15(20)9-18-13-4-2-3-11(16)8-13/h2-8,18H,9H2,1H3,(H,19,20). The van der Waals surface area contributed by atoms with Crippen LogP contribution in [0.3, 0.4) is 0 Å². The van der Waals surface area contributed by atoms with Crippen molar-refractivity contribution in [2.45, 2.75) is 6.92 Å². The molecule has 2 aromatic carbocycles. The third-order valence-electron chi connectivity index (χ3n) is 2.74. The zero-order chi connectivity index (χ0) is 14.5. The second-order valence-corrected chi connectivity index (χ2v) is 5.62. The molecule has 0 saturated heterocycles. The molecule has 0 unspecified atom stereocenters. The normalized spacial score (nSPS) is 10.2. The number of rotatable bonds is 4. The van der Waals surface area contributed by atoms with E-state index in [4.69, 9.17) is 0 Å². The van der Waals surface area contributed by atoms with E-state index in [1.165, 1.54) is 12.1 Å². The van der Waals surface area contributed by atoms with Gasteiger partial charge in [-0.1, -0.05) is 6.07 Å². The molecule has 0 heterocycles. The molecule has 0 aliphatic rings. The lowest BCUT2D eigenvalue weighted by Crippen LogP contribution is -2.22. The topological polar surface area (TPSA) is 41.1 Å². The number of hydrogen-bond acceptors (Lipinski definition) is 2. The predicted molar refractivity (Wildman–Crippen MR) is 87.4 cm³/mol. The van der Waals surface area contributed by atoms with Crippen molar-refractivity contribution < 1.29 is 9.18 Å². The highest BCUT2D eigenvalue weighted by Crippen LogP contribution is 2.17. The minimum atomic E-state index is -0.330. The third-order valence-corrected chi connectivity index (χ3v) is 3.41. The summed E-state index contributed by atoms with van der Waals surface area (Å²) in [5.74, 6) is -0.498. The van der Waals surface area contributed by atoms with Gasteiger partial charge in [-0.25, -0.2) is 4.39 Å². The second-order valence-electron chi connectivity index (χ2n) is 4.37. The highest BCUT2D eigenvalue weighted by Gasteiger charge is 2.05. The van der Waals surface area contributed by atoms with Gasteiger partial charge in [0.2, 0.25) is 5.91 Å². The average Bonchev–Trinajstić information content (AvgIpc) is 2.40. The van der Waals surface area contributed by atoms with Gasteiger partial charge in [0.05, 0.1) is 6.54 Å². The fraction of sp³-hybridized carbons (Fsp3) is 0.133. The molecule has 0 radical (unpaired) electrons. The monoisotopic (exact) mass is 384 g/mol. The molecule has 2 N–H and O–H groups in total. The summed E-state index contributed by atoms with van der Waals surface area (Å²) >= 11 is 2.22. The van der Waals surface area contributed by atoms with Gasteiger partial charge in [-0.15, -0.1) is 0 Å². The van der Waals surface area contributed by atoms with Gasteiger partial charge in [0.25, 0.3) is 0 Å². The molecule has 0 spiro atoms. The Balaban J connectivity index is 1.92. The largest absolute Gasteiger partial charge is 0.376 e. The quantitative estimate of drug-likeness (QED) is 0.788. The molecule has 2 rings (SSSR count). The Kier molecular flexibility index (Phi) is 4.94. The van der Waals surface area contributed by atoms with Crippen molar-refractivity contribution in [2.24, 2.45) is 0 Å². The highest BCUT2D eigenvalue weighted by molar-refractivity contribution is 14.1. The molecule has 0 atom stereocenters. The summed E-state index contributed by atoms with van der Waals surface area (Å²) in [4.78, 5) is 11.8. The Morgan fingerprint density at radius 1 is 1.25 bits per heavy atom. The van der Waals surface area contributed by atoms with Crippen molar-refractivity contribution in [3.63, 3.8) is 0 Å². The average molecular weight is 384 g/mol. The first-order valence-corrected chi connectivity index (χ1v) is 7.18. The van der Waals surface area contributed by atoms with Crippen molar-refractivity contribution in [1.29, 1.82) is 0 Å². The van der Waals surface area contributed by atoms with Crippen LogP contribution in [0.1, 0.15) is 5.56 Å². The molecular weight excluding hydrogens is 370 g/mol. The lowest BCUT2D eigenvalue weighted by molar-refractivity contribution is -0.114. The number of hydrogen-bond donors (Lipinski definition) is 2. The van der Waals surface area contributed by atoms with E-state index in [9.17, 15) is 9.18 Å². The maximum atomic E-state index is 13.0. The van der Waals surface area contributed by atoms with Crippen LogP contribution in [0.25, 0.3) is 0 Å². The summed E-state index contributed by atoms with van der Waals surface area (Å²) in [7, 11) is 0. The zero-order valence-corrected chi connectivity index (χ0v) is 13.1. The molecule has 0 bridgehead atoms. The van der Waals surface area contributed by atoms with Gasteiger partial charge < -0.3 is 10.6 Å². The first-order chi connectivity index (χ1) is 9.54. The Morgan fingerprint density at radius 2 is 2.05 bits per heavy atom. The molecule has 20 heavy (non-hydrogen) atoms. The van der Waals surface area contributed by atoms with Crippen LogP contribution in [0.4, 0.5) is 15.8 Å². The van der Waals surface area contributed by atoms with E-state index < -0.39 is 0 Å². The Labute approximate surface area is 130 Å². The van der Waals surface area contributed by atoms with Gasteiger partial charge in [0.15, 0.2) is 0 Å². The van der Waals surface area contributed by atoms with E-state index in [-0.39, 0.29) is 18.3 Å². The predicted octanol–water partition coefficient (Wildman–Crippen LogP) is 3.79. The molecule has 0 aromatic heterocycles. The lowest BCUT2D eigenvalue weighted by Gasteiger charge is -2.10. The maximum Gasteiger partial charge on any atom is 0.243 e. The van der Waals surface area contributed by atoms with E-state index >= 15 is 0 Å². The highest BCUT2D eigenvalue weighted by atomic mass is 127. The molecule has 1 amide bonds. The minimum Gasteiger partial charge on any atom is -0.376 e. The van der Waals surface area contributed by atoms with Crippen LogP contribution in [0, 0.1) is 16.3 Å². The molecule has 0 saturated carbocycles. The SMILES string of the molecule is Cc1cc(I)ccc1NC(=O)CNc1cccc(F)c1. The number of aryl methyl sites for hydroxylation is 1. The Morgan fingerprint density at radius 3 is 2.75 bits per heavy atom. The summed E-state index contributed by atoms with van der Waals surface area (Å²) in [6, 6.07) is 11.8. The number of carbonyl (C=O) groups excluding carboxylic acids is 1. The van der Waals surface area contributed by atoms with Crippen molar-refractivity contribution >= 4 is 39.9 Å². The lowest BCUT2D eigenvalue weighted by atomic mass is 10.2. The maximum absolute atomic E-state index is 13.0. The molecule has 104 valence electrons. The summed E-state index contributed by atoms with van der Waals surface area (Å²) in [6.45, 7) is 2.03. The number of halogens is 2. The molecule has 0 aliphatic heterocycles. The van der Waals surface area contributed by atoms with E-state index in [1.807, 2.05) is 25.1 Å². The molecule has 0 fully saturated rings. The van der Waals surface area contributed by atoms with Gasteiger partial charge in [0, 0.05) is 14.9 Å². The van der Waals surface area contributed by atoms with E-state index in [0.29, 0.717) is 5.69 Å². The van der Waals surface area contributed by atoms with Crippen molar-refractivity contribution in [1.82, 2.24) is 0 Å². The van der Waals surface area contributed by atoms with Crippen LogP contribution in [0.2, 0.25) is 0 Å². The molecular formula is C15H14FIN2O. The third kappa shape index (κ3) is 4.19. The fourth-order valence-electron chi connectivity index (χ4n) is 1.74. The van der Waals surface area contributed by atoms with Crippen LogP contribution in [0.5, 0.6) is 0 Å². The first kappa shape index (κ1) is 14.8. The Hall–Kier alpha value is -1.63. The summed E-state index contributed by atoms with van der Waals surface area (Å²) in [6.07, 6.45) is 0. The first-order valence-electron chi connectivity index (χ1n) is 6.10. The van der Waals surface area contributed by atoms with E-state index in [2.05, 4.69) is 33.2 Å².